The zero-order chi connectivity index (χ0) is 12.5. The van der Waals surface area contributed by atoms with Crippen LogP contribution in [0.5, 0.6) is 0 Å². The Bertz CT molecular complexity index is 560. The fourth-order valence-electron chi connectivity index (χ4n) is 1.90. The number of hydrogen-bond acceptors (Lipinski definition) is 3. The minimum atomic E-state index is -0.270. The van der Waals surface area contributed by atoms with Crippen LogP contribution in [0.1, 0.15) is 24.1 Å². The molecule has 0 bridgehead atoms. The smallest absolute Gasteiger partial charge is 0.149 e. The molecule has 1 fully saturated rings. The maximum absolute atomic E-state index is 13.9. The molecule has 94 valence electrons. The largest absolute Gasteiger partial charge is 0.308 e. The van der Waals surface area contributed by atoms with Gasteiger partial charge in [-0.15, -0.1) is 5.10 Å². The molecule has 4 nitrogen and oxygen atoms in total. The van der Waals surface area contributed by atoms with Crippen LogP contribution >= 0.6 is 0 Å². The van der Waals surface area contributed by atoms with Gasteiger partial charge in [-0.1, -0.05) is 11.3 Å². The first-order chi connectivity index (χ1) is 8.74. The van der Waals surface area contributed by atoms with Crippen LogP contribution < -0.4 is 5.32 Å². The zero-order valence-corrected chi connectivity index (χ0v) is 10.2. The van der Waals surface area contributed by atoms with Gasteiger partial charge >= 0.3 is 0 Å². The second-order valence-electron chi connectivity index (χ2n) is 4.75. The van der Waals surface area contributed by atoms with E-state index < -0.39 is 0 Å². The SMILES string of the molecule is Cc1ccc(-n2nncc2CNC2CC2)c(F)c1. The molecule has 2 aromatic rings. The average molecular weight is 246 g/mol. The van der Waals surface area contributed by atoms with Crippen LogP contribution in [-0.2, 0) is 6.54 Å². The second-order valence-corrected chi connectivity index (χ2v) is 4.75. The molecule has 0 saturated heterocycles. The number of rotatable bonds is 4. The highest BCUT2D eigenvalue weighted by Gasteiger charge is 2.21. The summed E-state index contributed by atoms with van der Waals surface area (Å²) in [6.07, 6.45) is 4.12. The maximum atomic E-state index is 13.9. The first kappa shape index (κ1) is 11.3. The van der Waals surface area contributed by atoms with E-state index in [9.17, 15) is 4.39 Å². The molecular formula is C13H15FN4. The molecule has 1 aromatic heterocycles. The summed E-state index contributed by atoms with van der Waals surface area (Å²) in [6, 6.07) is 5.73. The summed E-state index contributed by atoms with van der Waals surface area (Å²) in [7, 11) is 0. The fraction of sp³-hybridized carbons (Fsp3) is 0.385. The molecule has 1 aliphatic carbocycles. The van der Waals surface area contributed by atoms with Gasteiger partial charge in [0.25, 0.3) is 0 Å². The monoisotopic (exact) mass is 246 g/mol. The summed E-state index contributed by atoms with van der Waals surface area (Å²) < 4.78 is 15.5. The number of nitrogens with zero attached hydrogens (tertiary/aromatic N) is 3. The van der Waals surface area contributed by atoms with Crippen molar-refractivity contribution in [3.63, 3.8) is 0 Å². The van der Waals surface area contributed by atoms with Crippen LogP contribution in [-0.4, -0.2) is 21.0 Å². The lowest BCUT2D eigenvalue weighted by Gasteiger charge is -2.08. The molecule has 0 radical (unpaired) electrons. The van der Waals surface area contributed by atoms with Gasteiger partial charge in [0.1, 0.15) is 11.5 Å². The fourth-order valence-corrected chi connectivity index (χ4v) is 1.90. The summed E-state index contributed by atoms with van der Waals surface area (Å²) in [4.78, 5) is 0. The van der Waals surface area contributed by atoms with Crippen molar-refractivity contribution < 1.29 is 4.39 Å². The number of hydrogen-bond donors (Lipinski definition) is 1. The molecule has 0 spiro atoms. The van der Waals surface area contributed by atoms with Gasteiger partial charge in [-0.3, -0.25) is 0 Å². The van der Waals surface area contributed by atoms with E-state index in [-0.39, 0.29) is 5.82 Å². The van der Waals surface area contributed by atoms with E-state index in [1.807, 2.05) is 13.0 Å². The van der Waals surface area contributed by atoms with E-state index in [0.717, 1.165) is 11.3 Å². The second kappa shape index (κ2) is 4.49. The van der Waals surface area contributed by atoms with Crippen molar-refractivity contribution in [2.45, 2.75) is 32.4 Å². The number of halogens is 1. The van der Waals surface area contributed by atoms with E-state index in [2.05, 4.69) is 15.6 Å². The predicted octanol–water partition coefficient (Wildman–Crippen LogP) is 1.97. The zero-order valence-electron chi connectivity index (χ0n) is 10.2. The molecule has 0 aliphatic heterocycles. The summed E-state index contributed by atoms with van der Waals surface area (Å²) in [5.74, 6) is -0.270. The highest BCUT2D eigenvalue weighted by Crippen LogP contribution is 2.20. The molecule has 18 heavy (non-hydrogen) atoms. The van der Waals surface area contributed by atoms with Crippen LogP contribution in [0.15, 0.2) is 24.4 Å². The Morgan fingerprint density at radius 3 is 3.00 bits per heavy atom. The minimum Gasteiger partial charge on any atom is -0.308 e. The molecular weight excluding hydrogens is 231 g/mol. The summed E-state index contributed by atoms with van der Waals surface area (Å²) in [5.41, 5.74) is 2.23. The highest BCUT2D eigenvalue weighted by atomic mass is 19.1. The quantitative estimate of drug-likeness (QED) is 0.896. The molecule has 1 heterocycles. The van der Waals surface area contributed by atoms with E-state index >= 15 is 0 Å². The molecule has 0 amide bonds. The van der Waals surface area contributed by atoms with Crippen molar-refractivity contribution in [1.29, 1.82) is 0 Å². The molecule has 0 unspecified atom stereocenters. The predicted molar refractivity (Wildman–Crippen MR) is 65.9 cm³/mol. The topological polar surface area (TPSA) is 42.7 Å². The van der Waals surface area contributed by atoms with Gasteiger partial charge in [0, 0.05) is 12.6 Å². The van der Waals surface area contributed by atoms with Crippen molar-refractivity contribution in [3.8, 4) is 5.69 Å². The molecule has 1 N–H and O–H groups in total. The molecule has 1 saturated carbocycles. The van der Waals surface area contributed by atoms with Crippen LogP contribution in [0.2, 0.25) is 0 Å². The van der Waals surface area contributed by atoms with Crippen molar-refractivity contribution in [2.75, 3.05) is 0 Å². The van der Waals surface area contributed by atoms with Gasteiger partial charge in [-0.05, 0) is 37.5 Å². The Balaban J connectivity index is 1.88. The minimum absolute atomic E-state index is 0.270. The summed E-state index contributed by atoms with van der Waals surface area (Å²) in [6.45, 7) is 2.54. The Morgan fingerprint density at radius 1 is 1.44 bits per heavy atom. The first-order valence-corrected chi connectivity index (χ1v) is 6.13. The summed E-state index contributed by atoms with van der Waals surface area (Å²) >= 11 is 0. The van der Waals surface area contributed by atoms with Gasteiger partial charge in [0.05, 0.1) is 11.9 Å². The van der Waals surface area contributed by atoms with Gasteiger partial charge in [0.15, 0.2) is 0 Å². The molecule has 1 aromatic carbocycles. The number of aromatic nitrogens is 3. The third-order valence-electron chi connectivity index (χ3n) is 3.10. The lowest BCUT2D eigenvalue weighted by molar-refractivity contribution is 0.591. The van der Waals surface area contributed by atoms with E-state index in [1.165, 1.54) is 18.9 Å². The van der Waals surface area contributed by atoms with E-state index in [0.29, 0.717) is 18.3 Å². The molecule has 1 aliphatic rings. The lowest BCUT2D eigenvalue weighted by Crippen LogP contribution is -2.18. The van der Waals surface area contributed by atoms with Crippen molar-refractivity contribution >= 4 is 0 Å². The maximum Gasteiger partial charge on any atom is 0.149 e. The Hall–Kier alpha value is -1.75. The number of benzene rings is 1. The van der Waals surface area contributed by atoms with Gasteiger partial charge in [0.2, 0.25) is 0 Å². The van der Waals surface area contributed by atoms with Gasteiger partial charge in [-0.25, -0.2) is 9.07 Å². The van der Waals surface area contributed by atoms with Gasteiger partial charge < -0.3 is 5.32 Å². The number of aryl methyl sites for hydroxylation is 1. The average Bonchev–Trinajstić information content (AvgIpc) is 3.06. The molecule has 3 rings (SSSR count). The third kappa shape index (κ3) is 2.26. The Labute approximate surface area is 105 Å². The van der Waals surface area contributed by atoms with Crippen LogP contribution in [0, 0.1) is 12.7 Å². The Morgan fingerprint density at radius 2 is 2.28 bits per heavy atom. The molecule has 5 heteroatoms. The highest BCUT2D eigenvalue weighted by molar-refractivity contribution is 5.36. The first-order valence-electron chi connectivity index (χ1n) is 6.13. The van der Waals surface area contributed by atoms with Crippen molar-refractivity contribution in [2.24, 2.45) is 0 Å². The Kier molecular flexibility index (Phi) is 2.83. The summed E-state index contributed by atoms with van der Waals surface area (Å²) in [5, 5.41) is 11.2. The number of nitrogens with one attached hydrogen (secondary N) is 1. The van der Waals surface area contributed by atoms with Gasteiger partial charge in [-0.2, -0.15) is 0 Å². The normalized spacial score (nSPS) is 15.0. The van der Waals surface area contributed by atoms with Crippen LogP contribution in [0.3, 0.4) is 0 Å². The standard InChI is InChI=1S/C13H15FN4/c1-9-2-5-13(12(14)6-9)18-11(8-16-17-18)7-15-10-3-4-10/h2,5-6,8,10,15H,3-4,7H2,1H3. The van der Waals surface area contributed by atoms with Crippen LogP contribution in [0.25, 0.3) is 5.69 Å². The lowest BCUT2D eigenvalue weighted by atomic mass is 10.2. The molecule has 0 atom stereocenters. The van der Waals surface area contributed by atoms with E-state index in [4.69, 9.17) is 0 Å². The van der Waals surface area contributed by atoms with Crippen molar-refractivity contribution in [3.05, 3.63) is 41.5 Å². The van der Waals surface area contributed by atoms with Crippen LogP contribution in [0.4, 0.5) is 4.39 Å². The third-order valence-corrected chi connectivity index (χ3v) is 3.10. The van der Waals surface area contributed by atoms with E-state index in [1.54, 1.807) is 16.9 Å². The van der Waals surface area contributed by atoms with Crippen molar-refractivity contribution in [1.82, 2.24) is 20.3 Å².